The number of carbonyl (C=O) groups is 2. The first kappa shape index (κ1) is 22.8. The minimum absolute atomic E-state index is 0.0917. The number of benzene rings is 5. The van der Waals surface area contributed by atoms with Crippen LogP contribution in [0, 0.1) is 0 Å². The Hall–Kier alpha value is -4.97. The molecule has 1 amide bonds. The number of esters is 1. The fourth-order valence-electron chi connectivity index (χ4n) is 3.96. The van der Waals surface area contributed by atoms with Gasteiger partial charge in [-0.25, -0.2) is 10.2 Å². The third-order valence-corrected chi connectivity index (χ3v) is 5.73. The van der Waals surface area contributed by atoms with Crippen molar-refractivity contribution in [2.75, 3.05) is 11.9 Å². The number of carbonyl (C=O) groups excluding carboxylic acids is 2. The maximum Gasteiger partial charge on any atom is 0.344 e. The molecular weight excluding hydrogens is 450 g/mol. The molecule has 2 N–H and O–H groups in total. The van der Waals surface area contributed by atoms with Gasteiger partial charge < -0.3 is 10.1 Å². The number of rotatable bonds is 7. The molecule has 0 aromatic heterocycles. The van der Waals surface area contributed by atoms with E-state index in [0.29, 0.717) is 11.3 Å². The summed E-state index contributed by atoms with van der Waals surface area (Å²) in [5, 5.41) is 11.2. The molecule has 0 aliphatic rings. The number of ether oxygens (including phenoxy) is 1. The van der Waals surface area contributed by atoms with Gasteiger partial charge in [-0.3, -0.25) is 4.79 Å². The van der Waals surface area contributed by atoms with E-state index in [1.807, 2.05) is 78.9 Å². The van der Waals surface area contributed by atoms with E-state index in [2.05, 4.69) is 15.8 Å². The minimum atomic E-state index is -0.417. The Morgan fingerprint density at radius 2 is 1.36 bits per heavy atom. The Morgan fingerprint density at radius 3 is 2.14 bits per heavy atom. The third kappa shape index (κ3) is 5.23. The summed E-state index contributed by atoms with van der Waals surface area (Å²) in [5.74, 6) is -0.257. The lowest BCUT2D eigenvalue weighted by atomic mass is 10.0. The van der Waals surface area contributed by atoms with Crippen LogP contribution in [-0.4, -0.2) is 24.6 Å². The van der Waals surface area contributed by atoms with Gasteiger partial charge in [0.2, 0.25) is 0 Å². The van der Waals surface area contributed by atoms with Crippen LogP contribution in [0.3, 0.4) is 0 Å². The molecule has 5 aromatic rings. The van der Waals surface area contributed by atoms with Gasteiger partial charge in [0.05, 0.1) is 18.3 Å². The topological polar surface area (TPSA) is 79.8 Å². The van der Waals surface area contributed by atoms with Crippen molar-refractivity contribution in [2.45, 2.75) is 0 Å². The summed E-state index contributed by atoms with van der Waals surface area (Å²) in [4.78, 5) is 24.9. The molecule has 176 valence electrons. The normalized spacial score (nSPS) is 11.0. The first-order valence-electron chi connectivity index (χ1n) is 11.5. The van der Waals surface area contributed by atoms with Crippen LogP contribution in [0.5, 0.6) is 5.75 Å². The smallest absolute Gasteiger partial charge is 0.344 e. The molecule has 0 atom stereocenters. The summed E-state index contributed by atoms with van der Waals surface area (Å²) in [6.07, 6.45) is 1.53. The van der Waals surface area contributed by atoms with E-state index < -0.39 is 5.97 Å². The molecule has 36 heavy (non-hydrogen) atoms. The zero-order valence-electron chi connectivity index (χ0n) is 19.3. The predicted molar refractivity (Wildman–Crippen MR) is 144 cm³/mol. The molecule has 0 fully saturated rings. The fourth-order valence-corrected chi connectivity index (χ4v) is 3.96. The Morgan fingerprint density at radius 1 is 0.722 bits per heavy atom. The van der Waals surface area contributed by atoms with Crippen molar-refractivity contribution >= 4 is 45.3 Å². The zero-order chi connectivity index (χ0) is 24.7. The number of nitrogens with one attached hydrogen (secondary N) is 2. The molecule has 5 aromatic carbocycles. The molecule has 0 saturated heterocycles. The Bertz CT molecular complexity index is 1570. The summed E-state index contributed by atoms with van der Waals surface area (Å²) in [6, 6.07) is 34.0. The molecule has 6 heteroatoms. The quantitative estimate of drug-likeness (QED) is 0.136. The van der Waals surface area contributed by atoms with Gasteiger partial charge in [0, 0.05) is 11.1 Å². The molecule has 0 unspecified atom stereocenters. The highest BCUT2D eigenvalue weighted by Gasteiger charge is 2.12. The van der Waals surface area contributed by atoms with Gasteiger partial charge in [-0.05, 0) is 58.1 Å². The van der Waals surface area contributed by atoms with Gasteiger partial charge in [0.1, 0.15) is 5.75 Å². The van der Waals surface area contributed by atoms with E-state index in [9.17, 15) is 9.59 Å². The monoisotopic (exact) mass is 473 g/mol. The van der Waals surface area contributed by atoms with E-state index in [0.717, 1.165) is 32.8 Å². The maximum absolute atomic E-state index is 12.7. The summed E-state index contributed by atoms with van der Waals surface area (Å²) < 4.78 is 5.55. The Balaban J connectivity index is 1.15. The van der Waals surface area contributed by atoms with Gasteiger partial charge >= 0.3 is 5.97 Å². The van der Waals surface area contributed by atoms with Crippen molar-refractivity contribution in [2.24, 2.45) is 5.10 Å². The summed E-state index contributed by atoms with van der Waals surface area (Å²) in [5.41, 5.74) is 4.67. The van der Waals surface area contributed by atoms with Crippen LogP contribution in [0.4, 0.5) is 5.69 Å². The second-order valence-corrected chi connectivity index (χ2v) is 8.16. The number of hydrogen-bond donors (Lipinski definition) is 2. The molecule has 5 rings (SSSR count). The van der Waals surface area contributed by atoms with Crippen LogP contribution in [0.1, 0.15) is 15.9 Å². The fraction of sp³-hybridized carbons (Fsp3) is 0.0333. The van der Waals surface area contributed by atoms with Crippen molar-refractivity contribution in [1.29, 1.82) is 0 Å². The summed E-state index contributed by atoms with van der Waals surface area (Å²) in [7, 11) is 0. The lowest BCUT2D eigenvalue weighted by Crippen LogP contribution is -2.25. The highest BCUT2D eigenvalue weighted by atomic mass is 16.5. The average molecular weight is 474 g/mol. The number of fused-ring (bicyclic) bond motifs is 2. The Labute approximate surface area is 208 Å². The standard InChI is InChI=1S/C30H23N3O3/c34-29(20-31-28-14-6-10-23-8-2-4-12-26(23)28)33-32-19-21-15-17-24(18-16-21)36-30(35)27-13-5-9-22-7-1-3-11-25(22)27/h1-19,31H,20H2,(H,33,34)/b32-19+. The molecule has 0 bridgehead atoms. The molecule has 0 heterocycles. The number of amides is 1. The highest BCUT2D eigenvalue weighted by Crippen LogP contribution is 2.23. The summed E-state index contributed by atoms with van der Waals surface area (Å²) >= 11 is 0. The van der Waals surface area contributed by atoms with E-state index in [1.54, 1.807) is 30.3 Å². The number of nitrogens with zero attached hydrogens (tertiary/aromatic N) is 1. The highest BCUT2D eigenvalue weighted by molar-refractivity contribution is 6.05. The van der Waals surface area contributed by atoms with Crippen molar-refractivity contribution in [3.8, 4) is 5.75 Å². The van der Waals surface area contributed by atoms with Crippen molar-refractivity contribution in [3.05, 3.63) is 120 Å². The van der Waals surface area contributed by atoms with Crippen LogP contribution in [0.2, 0.25) is 0 Å². The maximum atomic E-state index is 12.7. The molecule has 0 saturated carbocycles. The van der Waals surface area contributed by atoms with Crippen LogP contribution in [-0.2, 0) is 4.79 Å². The van der Waals surface area contributed by atoms with Crippen LogP contribution >= 0.6 is 0 Å². The second-order valence-electron chi connectivity index (χ2n) is 8.16. The van der Waals surface area contributed by atoms with Crippen molar-refractivity contribution in [1.82, 2.24) is 5.43 Å². The lowest BCUT2D eigenvalue weighted by Gasteiger charge is -2.09. The van der Waals surface area contributed by atoms with Crippen molar-refractivity contribution in [3.63, 3.8) is 0 Å². The van der Waals surface area contributed by atoms with Gasteiger partial charge in [0.15, 0.2) is 0 Å². The van der Waals surface area contributed by atoms with E-state index in [1.165, 1.54) is 6.21 Å². The molecule has 6 nitrogen and oxygen atoms in total. The molecule has 0 radical (unpaired) electrons. The van der Waals surface area contributed by atoms with Crippen LogP contribution in [0.15, 0.2) is 114 Å². The van der Waals surface area contributed by atoms with E-state index >= 15 is 0 Å². The molecule has 0 aliphatic carbocycles. The van der Waals surface area contributed by atoms with E-state index in [-0.39, 0.29) is 12.5 Å². The van der Waals surface area contributed by atoms with Gasteiger partial charge in [-0.2, -0.15) is 5.10 Å². The predicted octanol–water partition coefficient (Wildman–Crippen LogP) is 5.77. The minimum Gasteiger partial charge on any atom is -0.423 e. The van der Waals surface area contributed by atoms with Crippen LogP contribution < -0.4 is 15.5 Å². The molecular formula is C30H23N3O3. The number of anilines is 1. The lowest BCUT2D eigenvalue weighted by molar-refractivity contribution is -0.119. The second kappa shape index (κ2) is 10.5. The average Bonchev–Trinajstić information content (AvgIpc) is 2.92. The summed E-state index contributed by atoms with van der Waals surface area (Å²) in [6.45, 7) is 0.0917. The first-order valence-corrected chi connectivity index (χ1v) is 11.5. The number of hydrazone groups is 1. The Kier molecular flexibility index (Phi) is 6.67. The first-order chi connectivity index (χ1) is 17.7. The number of hydrogen-bond acceptors (Lipinski definition) is 5. The van der Waals surface area contributed by atoms with E-state index in [4.69, 9.17) is 4.74 Å². The SMILES string of the molecule is O=C(CNc1cccc2ccccc12)N/N=C/c1ccc(OC(=O)c2cccc3ccccc23)cc1. The van der Waals surface area contributed by atoms with Gasteiger partial charge in [-0.15, -0.1) is 0 Å². The zero-order valence-corrected chi connectivity index (χ0v) is 19.3. The third-order valence-electron chi connectivity index (χ3n) is 5.73. The molecule has 0 aliphatic heterocycles. The van der Waals surface area contributed by atoms with Crippen LogP contribution in [0.25, 0.3) is 21.5 Å². The van der Waals surface area contributed by atoms with Crippen molar-refractivity contribution < 1.29 is 14.3 Å². The largest absolute Gasteiger partial charge is 0.423 e. The van der Waals surface area contributed by atoms with Gasteiger partial charge in [0.25, 0.3) is 5.91 Å². The molecule has 0 spiro atoms. The van der Waals surface area contributed by atoms with Gasteiger partial charge in [-0.1, -0.05) is 72.8 Å².